The Bertz CT molecular complexity index is 994. The zero-order valence-electron chi connectivity index (χ0n) is 9.70. The molecular formula is C14H7N3OS. The zero-order chi connectivity index (χ0) is 12.8. The number of fused-ring (bicyclic) bond motifs is 5. The molecule has 4 rings (SSSR count). The molecule has 0 atom stereocenters. The van der Waals surface area contributed by atoms with Crippen LogP contribution in [0.3, 0.4) is 0 Å². The molecule has 90 valence electrons. The zero-order valence-corrected chi connectivity index (χ0v) is 10.5. The second-order valence-corrected chi connectivity index (χ2v) is 5.23. The molecule has 0 aliphatic carbocycles. The topological polar surface area (TPSA) is 55.7 Å². The predicted octanol–water partition coefficient (Wildman–Crippen LogP) is 2.75. The number of hydrogen-bond donors (Lipinski definition) is 0. The van der Waals surface area contributed by atoms with Gasteiger partial charge in [0.15, 0.2) is 0 Å². The number of benzene rings is 1. The lowest BCUT2D eigenvalue weighted by atomic mass is 10.1. The van der Waals surface area contributed by atoms with Crippen LogP contribution in [0.25, 0.3) is 31.1 Å². The van der Waals surface area contributed by atoms with Crippen molar-refractivity contribution in [1.29, 1.82) is 0 Å². The minimum Gasteiger partial charge on any atom is -0.266 e. The summed E-state index contributed by atoms with van der Waals surface area (Å²) in [5.74, 6) is 0. The Balaban J connectivity index is 2.41. The van der Waals surface area contributed by atoms with E-state index in [0.717, 1.165) is 26.4 Å². The van der Waals surface area contributed by atoms with Gasteiger partial charge in [-0.3, -0.25) is 9.78 Å². The summed E-state index contributed by atoms with van der Waals surface area (Å²) in [5.41, 5.74) is 0.687. The van der Waals surface area contributed by atoms with Crippen LogP contribution in [0, 0.1) is 0 Å². The summed E-state index contributed by atoms with van der Waals surface area (Å²) in [5, 5.41) is 2.92. The predicted molar refractivity (Wildman–Crippen MR) is 76.5 cm³/mol. The largest absolute Gasteiger partial charge is 0.289 e. The lowest BCUT2D eigenvalue weighted by Gasteiger charge is -1.98. The molecule has 19 heavy (non-hydrogen) atoms. The molecule has 3 aromatic heterocycles. The number of nitrogens with zero attached hydrogens (tertiary/aromatic N) is 3. The van der Waals surface area contributed by atoms with Crippen molar-refractivity contribution >= 4 is 42.4 Å². The third kappa shape index (κ3) is 1.45. The molecular weight excluding hydrogens is 258 g/mol. The average Bonchev–Trinajstić information content (AvgIpc) is 2.73. The highest BCUT2D eigenvalue weighted by molar-refractivity contribution is 7.25. The quantitative estimate of drug-likeness (QED) is 0.490. The van der Waals surface area contributed by atoms with Crippen molar-refractivity contribution in [3.8, 4) is 0 Å². The summed E-state index contributed by atoms with van der Waals surface area (Å²) in [6.07, 6.45) is 4.76. The summed E-state index contributed by atoms with van der Waals surface area (Å²) >= 11 is 1.45. The highest BCUT2D eigenvalue weighted by atomic mass is 32.1. The molecule has 0 bridgehead atoms. The van der Waals surface area contributed by atoms with Gasteiger partial charge in [-0.1, -0.05) is 6.07 Å². The lowest BCUT2D eigenvalue weighted by Crippen LogP contribution is -1.98. The van der Waals surface area contributed by atoms with E-state index in [1.165, 1.54) is 17.7 Å². The van der Waals surface area contributed by atoms with E-state index in [1.54, 1.807) is 12.4 Å². The molecule has 0 unspecified atom stereocenters. The second-order valence-electron chi connectivity index (χ2n) is 4.18. The molecule has 0 saturated heterocycles. The SMILES string of the molecule is O=c1ncncc2c1sc1ccc3ncccc3c12. The molecule has 3 heterocycles. The monoisotopic (exact) mass is 265 g/mol. The Kier molecular flexibility index (Phi) is 2.10. The van der Waals surface area contributed by atoms with Gasteiger partial charge in [0.2, 0.25) is 0 Å². The molecule has 4 nitrogen and oxygen atoms in total. The molecule has 5 heteroatoms. The maximum Gasteiger partial charge on any atom is 0.289 e. The summed E-state index contributed by atoms with van der Waals surface area (Å²) in [6.45, 7) is 0. The fraction of sp³-hybridized carbons (Fsp3) is 0. The minimum atomic E-state index is -0.231. The van der Waals surface area contributed by atoms with E-state index in [2.05, 4.69) is 15.0 Å². The first-order valence-electron chi connectivity index (χ1n) is 5.75. The molecule has 0 radical (unpaired) electrons. The van der Waals surface area contributed by atoms with Crippen molar-refractivity contribution in [3.63, 3.8) is 0 Å². The number of rotatable bonds is 0. The molecule has 4 aromatic rings. The van der Waals surface area contributed by atoms with Crippen LogP contribution in [0.4, 0.5) is 0 Å². The highest BCUT2D eigenvalue weighted by Crippen LogP contribution is 2.35. The number of hydrogen-bond acceptors (Lipinski definition) is 5. The van der Waals surface area contributed by atoms with Gasteiger partial charge in [0, 0.05) is 33.3 Å². The van der Waals surface area contributed by atoms with Crippen molar-refractivity contribution < 1.29 is 0 Å². The molecule has 0 aliphatic rings. The Morgan fingerprint density at radius 3 is 2.95 bits per heavy atom. The average molecular weight is 265 g/mol. The normalized spacial score (nSPS) is 11.4. The first-order chi connectivity index (χ1) is 9.34. The molecule has 0 aliphatic heterocycles. The smallest absolute Gasteiger partial charge is 0.266 e. The third-order valence-electron chi connectivity index (χ3n) is 3.11. The van der Waals surface area contributed by atoms with E-state index < -0.39 is 0 Å². The van der Waals surface area contributed by atoms with Gasteiger partial charge in [0.25, 0.3) is 5.56 Å². The van der Waals surface area contributed by atoms with Crippen LogP contribution < -0.4 is 5.56 Å². The Morgan fingerprint density at radius 2 is 2.00 bits per heavy atom. The first-order valence-corrected chi connectivity index (χ1v) is 6.56. The summed E-state index contributed by atoms with van der Waals surface area (Å²) in [4.78, 5) is 24.1. The van der Waals surface area contributed by atoms with Crippen LogP contribution >= 0.6 is 11.3 Å². The van der Waals surface area contributed by atoms with Crippen molar-refractivity contribution in [1.82, 2.24) is 15.0 Å². The molecule has 0 N–H and O–H groups in total. The van der Waals surface area contributed by atoms with Gasteiger partial charge in [0.05, 0.1) is 5.52 Å². The third-order valence-corrected chi connectivity index (χ3v) is 4.27. The molecule has 0 spiro atoms. The number of pyridine rings is 1. The fourth-order valence-corrected chi connectivity index (χ4v) is 3.39. The summed E-state index contributed by atoms with van der Waals surface area (Å²) < 4.78 is 1.70. The molecule has 0 saturated carbocycles. The van der Waals surface area contributed by atoms with Crippen LogP contribution in [-0.2, 0) is 0 Å². The molecule has 0 amide bonds. The maximum absolute atomic E-state index is 11.9. The van der Waals surface area contributed by atoms with Gasteiger partial charge in [-0.15, -0.1) is 11.3 Å². The first kappa shape index (κ1) is 10.5. The summed E-state index contributed by atoms with van der Waals surface area (Å²) in [6, 6.07) is 7.88. The van der Waals surface area contributed by atoms with Crippen molar-refractivity contribution in [3.05, 3.63) is 53.3 Å². The minimum absolute atomic E-state index is 0.231. The standard InChI is InChI=1S/C14H7N3OS/c18-14-13-9(6-15-7-17-14)12-8-2-1-5-16-10(8)3-4-11(12)19-13/h1-7H. The fourth-order valence-electron chi connectivity index (χ4n) is 2.31. The van der Waals surface area contributed by atoms with E-state index in [0.29, 0.717) is 4.70 Å². The van der Waals surface area contributed by atoms with E-state index in [4.69, 9.17) is 0 Å². The van der Waals surface area contributed by atoms with Gasteiger partial charge < -0.3 is 0 Å². The van der Waals surface area contributed by atoms with E-state index in [1.807, 2.05) is 24.3 Å². The van der Waals surface area contributed by atoms with Crippen LogP contribution in [0.15, 0.2) is 47.8 Å². The van der Waals surface area contributed by atoms with Crippen LogP contribution in [0.5, 0.6) is 0 Å². The van der Waals surface area contributed by atoms with Crippen LogP contribution in [0.1, 0.15) is 0 Å². The highest BCUT2D eigenvalue weighted by Gasteiger charge is 2.10. The van der Waals surface area contributed by atoms with Crippen molar-refractivity contribution in [2.75, 3.05) is 0 Å². The van der Waals surface area contributed by atoms with Crippen molar-refractivity contribution in [2.45, 2.75) is 0 Å². The van der Waals surface area contributed by atoms with Gasteiger partial charge in [0.1, 0.15) is 11.0 Å². The van der Waals surface area contributed by atoms with Gasteiger partial charge in [-0.2, -0.15) is 4.98 Å². The van der Waals surface area contributed by atoms with E-state index in [-0.39, 0.29) is 5.56 Å². The Hall–Kier alpha value is -2.40. The number of aromatic nitrogens is 3. The van der Waals surface area contributed by atoms with Gasteiger partial charge >= 0.3 is 0 Å². The Morgan fingerprint density at radius 1 is 1.05 bits per heavy atom. The van der Waals surface area contributed by atoms with Crippen LogP contribution in [0.2, 0.25) is 0 Å². The Labute approximate surface area is 111 Å². The van der Waals surface area contributed by atoms with Gasteiger partial charge in [-0.25, -0.2) is 4.98 Å². The maximum atomic E-state index is 11.9. The van der Waals surface area contributed by atoms with E-state index >= 15 is 0 Å². The van der Waals surface area contributed by atoms with Gasteiger partial charge in [-0.05, 0) is 18.2 Å². The second kappa shape index (κ2) is 3.80. The number of thiophene rings is 1. The van der Waals surface area contributed by atoms with E-state index in [9.17, 15) is 4.79 Å². The molecule has 1 aromatic carbocycles. The lowest BCUT2D eigenvalue weighted by molar-refractivity contribution is 1.19. The molecule has 0 fully saturated rings. The van der Waals surface area contributed by atoms with Crippen molar-refractivity contribution in [2.24, 2.45) is 0 Å². The van der Waals surface area contributed by atoms with Crippen LogP contribution in [-0.4, -0.2) is 15.0 Å². The summed E-state index contributed by atoms with van der Waals surface area (Å²) in [7, 11) is 0.